The Balaban J connectivity index is 0.00000312. The summed E-state index contributed by atoms with van der Waals surface area (Å²) in [5.74, 6) is 0. The summed E-state index contributed by atoms with van der Waals surface area (Å²) in [5.41, 5.74) is 1.98. The molecule has 0 aliphatic carbocycles. The molecule has 0 radical (unpaired) electrons. The minimum absolute atomic E-state index is 0. The monoisotopic (exact) mass is 359 g/mol. The van der Waals surface area contributed by atoms with Gasteiger partial charge in [0.05, 0.1) is 0 Å². The predicted molar refractivity (Wildman–Crippen MR) is 109 cm³/mol. The molecule has 0 saturated carbocycles. The van der Waals surface area contributed by atoms with Crippen molar-refractivity contribution in [3.63, 3.8) is 0 Å². The lowest BCUT2D eigenvalue weighted by Crippen LogP contribution is -2.39. The van der Waals surface area contributed by atoms with Crippen LogP contribution in [0, 0.1) is 0 Å². The summed E-state index contributed by atoms with van der Waals surface area (Å²) < 4.78 is 6.45. The van der Waals surface area contributed by atoms with Crippen molar-refractivity contribution in [2.45, 2.75) is 38.3 Å². The van der Waals surface area contributed by atoms with E-state index >= 15 is 0 Å². The highest BCUT2D eigenvalue weighted by molar-refractivity contribution is 5.85. The lowest BCUT2D eigenvalue weighted by atomic mass is 9.80. The van der Waals surface area contributed by atoms with Gasteiger partial charge in [-0.05, 0) is 38.4 Å². The first-order valence-corrected chi connectivity index (χ1v) is 8.80. The Labute approximate surface area is 158 Å². The molecule has 0 bridgehead atoms. The van der Waals surface area contributed by atoms with Crippen LogP contribution in [0.15, 0.2) is 72.8 Å². The van der Waals surface area contributed by atoms with E-state index in [1.54, 1.807) is 0 Å². The average Bonchev–Trinajstić information content (AvgIpc) is 2.65. The molecular weight excluding hydrogens is 330 g/mol. The third kappa shape index (κ3) is 5.43. The SMILES string of the molecule is C/C=C/CC(CC(OCC)(c1ccccc1)c1ccccc1)NC.Cl. The van der Waals surface area contributed by atoms with Gasteiger partial charge >= 0.3 is 0 Å². The van der Waals surface area contributed by atoms with Crippen LogP contribution in [-0.4, -0.2) is 19.7 Å². The molecule has 0 amide bonds. The maximum Gasteiger partial charge on any atom is 0.120 e. The predicted octanol–water partition coefficient (Wildman–Crippen LogP) is 5.33. The first-order valence-electron chi connectivity index (χ1n) is 8.80. The van der Waals surface area contributed by atoms with E-state index in [-0.39, 0.29) is 12.4 Å². The Hall–Kier alpha value is -1.61. The minimum atomic E-state index is -0.438. The lowest BCUT2D eigenvalue weighted by Gasteiger charge is -2.37. The van der Waals surface area contributed by atoms with Crippen LogP contribution in [0.2, 0.25) is 0 Å². The Morgan fingerprint density at radius 2 is 1.52 bits per heavy atom. The molecule has 0 saturated heterocycles. The Kier molecular flexibility index (Phi) is 9.51. The highest BCUT2D eigenvalue weighted by Crippen LogP contribution is 2.38. The molecule has 0 aromatic heterocycles. The van der Waals surface area contributed by atoms with E-state index in [1.165, 1.54) is 11.1 Å². The average molecular weight is 360 g/mol. The third-order valence-electron chi connectivity index (χ3n) is 4.47. The lowest BCUT2D eigenvalue weighted by molar-refractivity contribution is -0.0240. The number of halogens is 1. The molecule has 0 aliphatic heterocycles. The summed E-state index contributed by atoms with van der Waals surface area (Å²) in [4.78, 5) is 0. The van der Waals surface area contributed by atoms with Crippen molar-refractivity contribution >= 4 is 12.4 Å². The van der Waals surface area contributed by atoms with Gasteiger partial charge in [-0.3, -0.25) is 0 Å². The smallest absolute Gasteiger partial charge is 0.120 e. The second-order valence-corrected chi connectivity index (χ2v) is 5.99. The zero-order chi connectivity index (χ0) is 17.3. The fraction of sp³-hybridized carbons (Fsp3) is 0.364. The largest absolute Gasteiger partial charge is 0.366 e. The van der Waals surface area contributed by atoms with Crippen LogP contribution in [0.4, 0.5) is 0 Å². The normalized spacial score (nSPS) is 12.8. The van der Waals surface area contributed by atoms with Gasteiger partial charge in [0, 0.05) is 19.1 Å². The third-order valence-corrected chi connectivity index (χ3v) is 4.47. The first kappa shape index (κ1) is 21.4. The van der Waals surface area contributed by atoms with Gasteiger partial charge in [0.2, 0.25) is 0 Å². The molecule has 1 N–H and O–H groups in total. The Morgan fingerprint density at radius 1 is 1.00 bits per heavy atom. The molecule has 136 valence electrons. The van der Waals surface area contributed by atoms with Gasteiger partial charge < -0.3 is 10.1 Å². The number of hydrogen-bond donors (Lipinski definition) is 1. The highest BCUT2D eigenvalue weighted by Gasteiger charge is 2.36. The quantitative estimate of drug-likeness (QED) is 0.611. The Bertz CT molecular complexity index is 573. The van der Waals surface area contributed by atoms with Gasteiger partial charge in [-0.15, -0.1) is 12.4 Å². The van der Waals surface area contributed by atoms with Gasteiger partial charge in [-0.1, -0.05) is 72.8 Å². The number of benzene rings is 2. The van der Waals surface area contributed by atoms with E-state index < -0.39 is 5.60 Å². The molecule has 0 aliphatic rings. The van der Waals surface area contributed by atoms with Crippen molar-refractivity contribution in [2.75, 3.05) is 13.7 Å². The summed E-state index contributed by atoms with van der Waals surface area (Å²) in [5, 5.41) is 3.46. The number of rotatable bonds is 9. The van der Waals surface area contributed by atoms with Crippen molar-refractivity contribution < 1.29 is 4.74 Å². The first-order chi connectivity index (χ1) is 11.8. The second-order valence-electron chi connectivity index (χ2n) is 5.99. The zero-order valence-electron chi connectivity index (χ0n) is 15.4. The fourth-order valence-electron chi connectivity index (χ4n) is 3.24. The van der Waals surface area contributed by atoms with Gasteiger partial charge in [0.15, 0.2) is 0 Å². The van der Waals surface area contributed by atoms with Gasteiger partial charge in [0.25, 0.3) is 0 Å². The van der Waals surface area contributed by atoms with E-state index in [2.05, 4.69) is 92.0 Å². The minimum Gasteiger partial charge on any atom is -0.366 e. The van der Waals surface area contributed by atoms with E-state index in [4.69, 9.17) is 4.74 Å². The molecule has 2 nitrogen and oxygen atoms in total. The van der Waals surface area contributed by atoms with Crippen molar-refractivity contribution in [3.05, 3.63) is 83.9 Å². The number of nitrogens with one attached hydrogen (secondary N) is 1. The summed E-state index contributed by atoms with van der Waals surface area (Å²) >= 11 is 0. The summed E-state index contributed by atoms with van der Waals surface area (Å²) in [6.45, 7) is 4.81. The van der Waals surface area contributed by atoms with Crippen LogP contribution in [0.5, 0.6) is 0 Å². The topological polar surface area (TPSA) is 21.3 Å². The fourth-order valence-corrected chi connectivity index (χ4v) is 3.24. The molecule has 1 unspecified atom stereocenters. The van der Waals surface area contributed by atoms with Crippen molar-refractivity contribution in [3.8, 4) is 0 Å². The van der Waals surface area contributed by atoms with Crippen LogP contribution in [0.3, 0.4) is 0 Å². The van der Waals surface area contributed by atoms with E-state index in [0.29, 0.717) is 12.6 Å². The number of allylic oxidation sites excluding steroid dienone is 1. The number of ether oxygens (including phenoxy) is 1. The van der Waals surface area contributed by atoms with Gasteiger partial charge in [-0.2, -0.15) is 0 Å². The zero-order valence-corrected chi connectivity index (χ0v) is 16.3. The summed E-state index contributed by atoms with van der Waals surface area (Å²) in [6.07, 6.45) is 6.20. The summed E-state index contributed by atoms with van der Waals surface area (Å²) in [7, 11) is 2.03. The van der Waals surface area contributed by atoms with Crippen LogP contribution in [0.1, 0.15) is 37.8 Å². The van der Waals surface area contributed by atoms with E-state index in [1.807, 2.05) is 7.05 Å². The van der Waals surface area contributed by atoms with Gasteiger partial charge in [-0.25, -0.2) is 0 Å². The molecule has 0 heterocycles. The molecule has 2 aromatic carbocycles. The van der Waals surface area contributed by atoms with E-state index in [9.17, 15) is 0 Å². The van der Waals surface area contributed by atoms with Gasteiger partial charge in [0.1, 0.15) is 5.60 Å². The molecular formula is C22H30ClNO. The van der Waals surface area contributed by atoms with Crippen LogP contribution in [-0.2, 0) is 10.3 Å². The Morgan fingerprint density at radius 3 is 1.92 bits per heavy atom. The maximum atomic E-state index is 6.45. The van der Waals surface area contributed by atoms with E-state index in [0.717, 1.165) is 12.8 Å². The molecule has 2 rings (SSSR count). The molecule has 1 atom stereocenters. The standard InChI is InChI=1S/C22H29NO.ClH/c1-4-6-17-21(23-3)18-22(24-5-2,19-13-9-7-10-14-19)20-15-11-8-12-16-20;/h4,6-16,21,23H,5,17-18H2,1-3H3;1H/b6-4+;. The van der Waals surface area contributed by atoms with Crippen LogP contribution in [0.25, 0.3) is 0 Å². The highest BCUT2D eigenvalue weighted by atomic mass is 35.5. The van der Waals surface area contributed by atoms with Crippen molar-refractivity contribution in [1.29, 1.82) is 0 Å². The van der Waals surface area contributed by atoms with Crippen molar-refractivity contribution in [1.82, 2.24) is 5.32 Å². The van der Waals surface area contributed by atoms with Crippen LogP contribution < -0.4 is 5.32 Å². The van der Waals surface area contributed by atoms with Crippen LogP contribution >= 0.6 is 12.4 Å². The summed E-state index contributed by atoms with van der Waals surface area (Å²) in [6, 6.07) is 21.5. The molecule has 0 spiro atoms. The number of hydrogen-bond acceptors (Lipinski definition) is 2. The maximum absolute atomic E-state index is 6.45. The molecule has 3 heteroatoms. The molecule has 25 heavy (non-hydrogen) atoms. The molecule has 0 fully saturated rings. The molecule has 2 aromatic rings. The van der Waals surface area contributed by atoms with Crippen molar-refractivity contribution in [2.24, 2.45) is 0 Å². The second kappa shape index (κ2) is 11.1.